The minimum atomic E-state index is -0.927. The molecular weight excluding hydrogens is 208 g/mol. The highest BCUT2D eigenvalue weighted by Crippen LogP contribution is 2.54. The van der Waals surface area contributed by atoms with Gasteiger partial charge in [-0.15, -0.1) is 0 Å². The highest BCUT2D eigenvalue weighted by atomic mass is 16.7. The van der Waals surface area contributed by atoms with Gasteiger partial charge in [-0.2, -0.15) is 0 Å². The molecule has 2 saturated carbocycles. The molecule has 3 fully saturated rings. The maximum Gasteiger partial charge on any atom is 0.348 e. The zero-order valence-electron chi connectivity index (χ0n) is 9.19. The summed E-state index contributed by atoms with van der Waals surface area (Å²) in [6.45, 7) is 1.64. The molecule has 0 N–H and O–H groups in total. The average molecular weight is 222 g/mol. The lowest BCUT2D eigenvalue weighted by Crippen LogP contribution is -2.49. The Balaban J connectivity index is 1.91. The van der Waals surface area contributed by atoms with E-state index in [4.69, 9.17) is 9.47 Å². The highest BCUT2D eigenvalue weighted by Gasteiger charge is 2.59. The van der Waals surface area contributed by atoms with Gasteiger partial charge in [0.05, 0.1) is 0 Å². The number of fused-ring (bicyclic) bond motifs is 3. The lowest BCUT2D eigenvalue weighted by atomic mass is 9.93. The van der Waals surface area contributed by atoms with Gasteiger partial charge in [-0.05, 0) is 32.1 Å². The summed E-state index contributed by atoms with van der Waals surface area (Å²) >= 11 is 0. The summed E-state index contributed by atoms with van der Waals surface area (Å²) in [7, 11) is 0. The van der Waals surface area contributed by atoms with Gasteiger partial charge in [-0.25, -0.2) is 9.59 Å². The van der Waals surface area contributed by atoms with E-state index in [9.17, 15) is 9.59 Å². The Labute approximate surface area is 93.6 Å². The Morgan fingerprint density at radius 2 is 1.94 bits per heavy atom. The molecule has 1 heterocycles. The van der Waals surface area contributed by atoms with E-state index in [1.807, 2.05) is 0 Å². The number of hydrogen-bond acceptors (Lipinski definition) is 4. The van der Waals surface area contributed by atoms with Crippen LogP contribution in [0.1, 0.15) is 32.6 Å². The minimum absolute atomic E-state index is 0.0217. The smallest absolute Gasteiger partial charge is 0.348 e. The normalized spacial score (nSPS) is 41.2. The molecule has 2 bridgehead atoms. The zero-order chi connectivity index (χ0) is 11.3. The first-order chi connectivity index (χ1) is 7.64. The summed E-state index contributed by atoms with van der Waals surface area (Å²) in [6.07, 6.45) is 5.32. The van der Waals surface area contributed by atoms with Gasteiger partial charge in [0.15, 0.2) is 0 Å². The maximum atomic E-state index is 11.7. The molecule has 0 aromatic rings. The molecule has 0 aromatic heterocycles. The highest BCUT2D eigenvalue weighted by molar-refractivity contribution is 6.15. The van der Waals surface area contributed by atoms with Gasteiger partial charge >= 0.3 is 11.9 Å². The van der Waals surface area contributed by atoms with E-state index in [1.54, 1.807) is 6.92 Å². The number of carbonyl (C=O) groups excluding carboxylic acids is 2. The molecule has 86 valence electrons. The van der Waals surface area contributed by atoms with Gasteiger partial charge in [0.1, 0.15) is 5.57 Å². The van der Waals surface area contributed by atoms with Crippen LogP contribution in [-0.4, -0.2) is 17.7 Å². The lowest BCUT2D eigenvalue weighted by Gasteiger charge is -2.39. The van der Waals surface area contributed by atoms with Crippen LogP contribution >= 0.6 is 0 Å². The maximum absolute atomic E-state index is 11.7. The van der Waals surface area contributed by atoms with Crippen LogP contribution < -0.4 is 0 Å². The van der Waals surface area contributed by atoms with Crippen molar-refractivity contribution in [3.05, 3.63) is 11.6 Å². The number of ether oxygens (including phenoxy) is 2. The van der Waals surface area contributed by atoms with Crippen LogP contribution in [0.5, 0.6) is 0 Å². The number of esters is 2. The first-order valence-electron chi connectivity index (χ1n) is 5.77. The molecule has 2 aliphatic carbocycles. The largest absolute Gasteiger partial charge is 0.418 e. The molecule has 2 atom stereocenters. The molecule has 16 heavy (non-hydrogen) atoms. The minimum Gasteiger partial charge on any atom is -0.418 e. The second-order valence-corrected chi connectivity index (χ2v) is 4.87. The monoisotopic (exact) mass is 222 g/mol. The molecule has 1 saturated heterocycles. The van der Waals surface area contributed by atoms with E-state index in [0.29, 0.717) is 12.3 Å². The van der Waals surface area contributed by atoms with Gasteiger partial charge in [0, 0.05) is 12.3 Å². The fourth-order valence-electron chi connectivity index (χ4n) is 3.24. The summed E-state index contributed by atoms with van der Waals surface area (Å²) < 4.78 is 10.8. The van der Waals surface area contributed by atoms with Crippen molar-refractivity contribution in [2.45, 2.75) is 38.4 Å². The third kappa shape index (κ3) is 1.16. The summed E-state index contributed by atoms with van der Waals surface area (Å²) in [4.78, 5) is 23.4. The van der Waals surface area contributed by atoms with Gasteiger partial charge in [-0.1, -0.05) is 6.08 Å². The predicted molar refractivity (Wildman–Crippen MR) is 54.1 cm³/mol. The van der Waals surface area contributed by atoms with Crippen molar-refractivity contribution in [2.75, 3.05) is 0 Å². The Morgan fingerprint density at radius 1 is 1.25 bits per heavy atom. The first kappa shape index (κ1) is 9.87. The van der Waals surface area contributed by atoms with Crippen molar-refractivity contribution in [3.63, 3.8) is 0 Å². The van der Waals surface area contributed by atoms with E-state index in [0.717, 1.165) is 19.3 Å². The number of rotatable bonds is 0. The molecular formula is C12H14O4. The van der Waals surface area contributed by atoms with Crippen LogP contribution in [0, 0.1) is 11.8 Å². The molecule has 1 aliphatic heterocycles. The second-order valence-electron chi connectivity index (χ2n) is 4.87. The van der Waals surface area contributed by atoms with E-state index in [2.05, 4.69) is 0 Å². The van der Waals surface area contributed by atoms with Crippen LogP contribution in [0.3, 0.4) is 0 Å². The fourth-order valence-corrected chi connectivity index (χ4v) is 3.24. The zero-order valence-corrected chi connectivity index (χ0v) is 9.19. The summed E-state index contributed by atoms with van der Waals surface area (Å²) in [5, 5.41) is 0. The summed E-state index contributed by atoms with van der Waals surface area (Å²) in [5.74, 6) is -1.21. The molecule has 3 rings (SSSR count). The number of carbonyl (C=O) groups is 2. The predicted octanol–water partition coefficient (Wildman–Crippen LogP) is 1.55. The van der Waals surface area contributed by atoms with Crippen LogP contribution in [0.4, 0.5) is 0 Å². The van der Waals surface area contributed by atoms with Crippen LogP contribution in [-0.2, 0) is 19.1 Å². The van der Waals surface area contributed by atoms with Crippen molar-refractivity contribution >= 4 is 11.9 Å². The number of allylic oxidation sites excluding steroid dienone is 1. The summed E-state index contributed by atoms with van der Waals surface area (Å²) in [5.41, 5.74) is 0.0217. The molecule has 2 unspecified atom stereocenters. The Kier molecular flexibility index (Phi) is 1.91. The molecule has 4 heteroatoms. The molecule has 1 spiro atoms. The standard InChI is InChI=1S/C12H14O4/c1-2-9-10(13)15-12(16-11(9)14)6-7-3-4-8(12)5-7/h2,7-8H,3-6H2,1H3. The van der Waals surface area contributed by atoms with E-state index in [-0.39, 0.29) is 11.5 Å². The van der Waals surface area contributed by atoms with E-state index < -0.39 is 17.7 Å². The molecule has 3 aliphatic rings. The molecule has 0 amide bonds. The van der Waals surface area contributed by atoms with Crippen molar-refractivity contribution < 1.29 is 19.1 Å². The van der Waals surface area contributed by atoms with E-state index >= 15 is 0 Å². The third-order valence-corrected chi connectivity index (χ3v) is 4.00. The van der Waals surface area contributed by atoms with Crippen molar-refractivity contribution in [2.24, 2.45) is 11.8 Å². The van der Waals surface area contributed by atoms with Crippen molar-refractivity contribution in [3.8, 4) is 0 Å². The first-order valence-corrected chi connectivity index (χ1v) is 5.77. The SMILES string of the molecule is CC=C1C(=O)OC2(CC3CCC2C3)OC1=O. The number of hydrogen-bond donors (Lipinski definition) is 0. The van der Waals surface area contributed by atoms with Gasteiger partial charge < -0.3 is 9.47 Å². The lowest BCUT2D eigenvalue weighted by molar-refractivity contribution is -0.251. The van der Waals surface area contributed by atoms with Crippen molar-refractivity contribution in [1.29, 1.82) is 0 Å². The van der Waals surface area contributed by atoms with Crippen LogP contribution in [0.2, 0.25) is 0 Å². The third-order valence-electron chi connectivity index (χ3n) is 4.00. The summed E-state index contributed by atoms with van der Waals surface area (Å²) in [6, 6.07) is 0. The van der Waals surface area contributed by atoms with Crippen LogP contribution in [0.25, 0.3) is 0 Å². The Morgan fingerprint density at radius 3 is 2.38 bits per heavy atom. The van der Waals surface area contributed by atoms with Crippen LogP contribution in [0.15, 0.2) is 11.6 Å². The second kappa shape index (κ2) is 3.09. The molecule has 0 aromatic carbocycles. The van der Waals surface area contributed by atoms with Crippen molar-refractivity contribution in [1.82, 2.24) is 0 Å². The quantitative estimate of drug-likeness (QED) is 0.354. The van der Waals surface area contributed by atoms with Gasteiger partial charge in [0.25, 0.3) is 5.79 Å². The van der Waals surface area contributed by atoms with Gasteiger partial charge in [-0.3, -0.25) is 0 Å². The topological polar surface area (TPSA) is 52.6 Å². The fraction of sp³-hybridized carbons (Fsp3) is 0.667. The Hall–Kier alpha value is -1.32. The molecule has 4 nitrogen and oxygen atoms in total. The Bertz CT molecular complexity index is 376. The molecule has 0 radical (unpaired) electrons. The van der Waals surface area contributed by atoms with E-state index in [1.165, 1.54) is 6.08 Å². The average Bonchev–Trinajstić information content (AvgIpc) is 2.76. The van der Waals surface area contributed by atoms with Gasteiger partial charge in [0.2, 0.25) is 0 Å².